The van der Waals surface area contributed by atoms with Crippen molar-refractivity contribution < 1.29 is 19.1 Å². The summed E-state index contributed by atoms with van der Waals surface area (Å²) in [5.41, 5.74) is 9.13. The first-order chi connectivity index (χ1) is 20.8. The summed E-state index contributed by atoms with van der Waals surface area (Å²) in [5.74, 6) is 2.73. The highest BCUT2D eigenvalue weighted by Gasteiger charge is 2.15. The van der Waals surface area contributed by atoms with E-state index in [0.717, 1.165) is 54.2 Å². The number of piperidine rings is 1. The molecule has 3 aromatic rings. The molecule has 0 bridgehead atoms. The summed E-state index contributed by atoms with van der Waals surface area (Å²) in [7, 11) is 3.30. The Balaban J connectivity index is 0.000000382. The smallest absolute Gasteiger partial charge is 0.243 e. The van der Waals surface area contributed by atoms with E-state index in [1.165, 1.54) is 31.4 Å². The maximum atomic E-state index is 10.4. The van der Waals surface area contributed by atoms with Crippen LogP contribution in [0.3, 0.4) is 0 Å². The molecule has 0 unspecified atom stereocenters. The number of para-hydroxylation sites is 1. The molecule has 4 rings (SSSR count). The lowest BCUT2D eigenvalue weighted by atomic mass is 10.00. The molecule has 1 aromatic heterocycles. The van der Waals surface area contributed by atoms with Gasteiger partial charge < -0.3 is 20.4 Å². The second-order valence-electron chi connectivity index (χ2n) is 9.56. The fourth-order valence-corrected chi connectivity index (χ4v) is 4.08. The van der Waals surface area contributed by atoms with Crippen LogP contribution in [0.2, 0.25) is 0 Å². The third-order valence-electron chi connectivity index (χ3n) is 6.29. The van der Waals surface area contributed by atoms with Crippen LogP contribution in [0.5, 0.6) is 5.75 Å². The van der Waals surface area contributed by atoms with Crippen molar-refractivity contribution in [3.63, 3.8) is 0 Å². The largest absolute Gasteiger partial charge is 0.497 e. The van der Waals surface area contributed by atoms with Gasteiger partial charge in [-0.25, -0.2) is 9.97 Å². The molecule has 2 heterocycles. The maximum Gasteiger partial charge on any atom is 0.243 e. The van der Waals surface area contributed by atoms with Gasteiger partial charge in [0, 0.05) is 44.7 Å². The zero-order valence-corrected chi connectivity index (χ0v) is 26.3. The molecule has 236 valence electrons. The number of fused-ring (bicyclic) bond motifs is 1. The van der Waals surface area contributed by atoms with Crippen LogP contribution in [0.4, 0.5) is 16.0 Å². The number of hydrogen-bond donors (Lipinski definition) is 2. The standard InChI is InChI=1S/C18H20N4O.C9H18N2.C2H4FNO2.C2H5N/c1-3-22(13-8-10-14(23-2)11-9-13)18-15-6-4-5-7-16(15)20-17(12-19)21-18;1-3-10-8-11-6-4-9(2)5-7-11;1-2(5)4-6-3;1-3-2/h4-11H,3,12,19H2,1-2H3;3,9H,4-8H2,1-2H3;1H3,(H,4,5);1H2,2H3/b;10-3-;;. The lowest BCUT2D eigenvalue weighted by molar-refractivity contribution is -0.197. The molecule has 1 saturated heterocycles. The van der Waals surface area contributed by atoms with Crippen molar-refractivity contribution in [1.82, 2.24) is 20.3 Å². The highest BCUT2D eigenvalue weighted by atomic mass is 19.3. The Hall–Kier alpha value is -4.00. The van der Waals surface area contributed by atoms with Gasteiger partial charge in [0.1, 0.15) is 17.4 Å². The van der Waals surface area contributed by atoms with Crippen LogP contribution in [0.15, 0.2) is 58.5 Å². The number of carbonyl (C=O) groups excluding carboxylic acids is 1. The zero-order valence-electron chi connectivity index (χ0n) is 26.3. The van der Waals surface area contributed by atoms with Crippen molar-refractivity contribution in [2.45, 2.75) is 47.1 Å². The number of nitrogens with zero attached hydrogens (tertiary/aromatic N) is 6. The van der Waals surface area contributed by atoms with Crippen molar-refractivity contribution in [3.05, 3.63) is 54.4 Å². The van der Waals surface area contributed by atoms with E-state index in [2.05, 4.69) is 55.4 Å². The van der Waals surface area contributed by atoms with Crippen molar-refractivity contribution in [2.24, 2.45) is 21.6 Å². The molecule has 12 heteroatoms. The summed E-state index contributed by atoms with van der Waals surface area (Å²) >= 11 is 0. The summed E-state index contributed by atoms with van der Waals surface area (Å²) in [6, 6.07) is 16.0. The molecule has 11 nitrogen and oxygen atoms in total. The molecule has 0 spiro atoms. The van der Waals surface area contributed by atoms with Gasteiger partial charge in [-0.05, 0) is 86.5 Å². The minimum atomic E-state index is -0.558. The Kier molecular flexibility index (Phi) is 18.7. The lowest BCUT2D eigenvalue weighted by Crippen LogP contribution is -2.32. The van der Waals surface area contributed by atoms with Gasteiger partial charge in [0.2, 0.25) is 5.91 Å². The summed E-state index contributed by atoms with van der Waals surface area (Å²) < 4.78 is 15.6. The number of hydroxylamine groups is 1. The van der Waals surface area contributed by atoms with Gasteiger partial charge in [-0.15, -0.1) is 0 Å². The Morgan fingerprint density at radius 1 is 1.21 bits per heavy atom. The zero-order chi connectivity index (χ0) is 32.0. The average molecular weight is 599 g/mol. The minimum Gasteiger partial charge on any atom is -0.497 e. The molecule has 43 heavy (non-hydrogen) atoms. The number of likely N-dealkylation sites (tertiary alicyclic amines) is 1. The van der Waals surface area contributed by atoms with E-state index in [1.54, 1.807) is 14.2 Å². The molecular weight excluding hydrogens is 551 g/mol. The number of nitrogens with two attached hydrogens (primary N) is 1. The monoisotopic (exact) mass is 598 g/mol. The minimum absolute atomic E-state index is 0.317. The van der Waals surface area contributed by atoms with Gasteiger partial charge in [0.25, 0.3) is 0 Å². The second-order valence-corrected chi connectivity index (χ2v) is 9.56. The number of carbonyl (C=O) groups is 1. The first kappa shape index (κ1) is 37.0. The summed E-state index contributed by atoms with van der Waals surface area (Å²) in [6.07, 6.45) is 4.58. The predicted octanol–water partition coefficient (Wildman–Crippen LogP) is 5.28. The summed E-state index contributed by atoms with van der Waals surface area (Å²) in [5, 5.41) is 3.72. The number of halogens is 1. The SMILES string of the molecule is C/C=N\CN1CCC(C)CC1.C=NC.CC(=O)NOF.CCN(c1ccc(OC)cc1)c1nc(CN)nc2ccccc12. The first-order valence-corrected chi connectivity index (χ1v) is 14.2. The normalized spacial score (nSPS) is 13.0. The highest BCUT2D eigenvalue weighted by Crippen LogP contribution is 2.31. The highest BCUT2D eigenvalue weighted by molar-refractivity contribution is 5.91. The number of aliphatic imine (C=N–C) groups is 2. The average Bonchev–Trinajstić information content (AvgIpc) is 3.02. The molecule has 1 amide bonds. The quantitative estimate of drug-likeness (QED) is 0.265. The van der Waals surface area contributed by atoms with Crippen molar-refractivity contribution in [1.29, 1.82) is 0 Å². The van der Waals surface area contributed by atoms with Gasteiger partial charge >= 0.3 is 0 Å². The number of anilines is 2. The molecular formula is C31H47FN8O3. The van der Waals surface area contributed by atoms with Crippen LogP contribution in [-0.4, -0.2) is 74.2 Å². The molecule has 0 atom stereocenters. The van der Waals surface area contributed by atoms with E-state index >= 15 is 0 Å². The maximum absolute atomic E-state index is 10.4. The molecule has 2 aromatic carbocycles. The fourth-order valence-electron chi connectivity index (χ4n) is 4.08. The van der Waals surface area contributed by atoms with E-state index in [1.807, 2.05) is 61.7 Å². The van der Waals surface area contributed by atoms with Crippen LogP contribution in [0.25, 0.3) is 10.9 Å². The van der Waals surface area contributed by atoms with E-state index in [0.29, 0.717) is 12.4 Å². The number of aromatic nitrogens is 2. The van der Waals surface area contributed by atoms with Crippen LogP contribution in [-0.2, 0) is 16.4 Å². The van der Waals surface area contributed by atoms with Crippen LogP contribution in [0.1, 0.15) is 46.4 Å². The Morgan fingerprint density at radius 3 is 2.33 bits per heavy atom. The third-order valence-corrected chi connectivity index (χ3v) is 6.29. The van der Waals surface area contributed by atoms with E-state index in [-0.39, 0.29) is 0 Å². The Bertz CT molecular complexity index is 1240. The number of benzene rings is 2. The number of nitrogens with one attached hydrogen (secondary N) is 1. The molecule has 1 aliphatic rings. The molecule has 1 fully saturated rings. The third kappa shape index (κ3) is 13.7. The molecule has 0 aliphatic carbocycles. The van der Waals surface area contributed by atoms with Crippen molar-refractivity contribution >= 4 is 41.2 Å². The topological polar surface area (TPSA) is 131 Å². The predicted molar refractivity (Wildman–Crippen MR) is 174 cm³/mol. The molecule has 0 radical (unpaired) electrons. The molecule has 1 aliphatic heterocycles. The van der Waals surface area contributed by atoms with E-state index in [4.69, 9.17) is 10.5 Å². The lowest BCUT2D eigenvalue weighted by Gasteiger charge is -2.28. The fraction of sp³-hybridized carbons (Fsp3) is 0.452. The number of methoxy groups -OCH3 is 1. The Morgan fingerprint density at radius 2 is 1.84 bits per heavy atom. The molecule has 0 saturated carbocycles. The number of rotatable bonds is 8. The number of amides is 1. The molecule has 3 N–H and O–H groups in total. The van der Waals surface area contributed by atoms with Crippen LogP contribution in [0, 0.1) is 5.92 Å². The van der Waals surface area contributed by atoms with Gasteiger partial charge in [0.05, 0.1) is 25.8 Å². The Labute approximate surface area is 254 Å². The van der Waals surface area contributed by atoms with Gasteiger partial charge in [-0.2, -0.15) is 5.48 Å². The van der Waals surface area contributed by atoms with Crippen molar-refractivity contribution in [3.8, 4) is 5.75 Å². The summed E-state index contributed by atoms with van der Waals surface area (Å²) in [4.78, 5) is 30.8. The van der Waals surface area contributed by atoms with Crippen LogP contribution < -0.4 is 20.9 Å². The van der Waals surface area contributed by atoms with Gasteiger partial charge in [-0.1, -0.05) is 24.1 Å². The second kappa shape index (κ2) is 21.7. The van der Waals surface area contributed by atoms with E-state index < -0.39 is 5.91 Å². The van der Waals surface area contributed by atoms with Gasteiger partial charge in [-0.3, -0.25) is 14.7 Å². The van der Waals surface area contributed by atoms with E-state index in [9.17, 15) is 9.32 Å². The van der Waals surface area contributed by atoms with Crippen molar-refractivity contribution in [2.75, 3.05) is 45.4 Å². The first-order valence-electron chi connectivity index (χ1n) is 14.2. The number of hydrogen-bond acceptors (Lipinski definition) is 10. The summed E-state index contributed by atoms with van der Waals surface area (Å²) in [6.45, 7) is 15.1. The number of ether oxygens (including phenoxy) is 1. The van der Waals surface area contributed by atoms with Crippen LogP contribution >= 0.6 is 0 Å². The van der Waals surface area contributed by atoms with Gasteiger partial charge in [0.15, 0.2) is 0 Å².